The van der Waals surface area contributed by atoms with Gasteiger partial charge in [0.15, 0.2) is 0 Å². The van der Waals surface area contributed by atoms with Crippen LogP contribution in [0.4, 0.5) is 0 Å². The molecule has 1 heterocycles. The Bertz CT molecular complexity index is 956. The van der Waals surface area contributed by atoms with Gasteiger partial charge in [-0.1, -0.05) is 36.8 Å². The van der Waals surface area contributed by atoms with Crippen LogP contribution in [0.25, 0.3) is 0 Å². The number of hydrogen-bond acceptors (Lipinski definition) is 4. The summed E-state index contributed by atoms with van der Waals surface area (Å²) in [6, 6.07) is 14.4. The number of sulfonamides is 1. The molecule has 1 amide bonds. The average Bonchev–Trinajstić information content (AvgIpc) is 2.77. The van der Waals surface area contributed by atoms with Crippen LogP contribution in [0.15, 0.2) is 53.4 Å². The molecule has 1 fully saturated rings. The number of hydrogen-bond donors (Lipinski definition) is 1. The fourth-order valence-corrected chi connectivity index (χ4v) is 5.30. The minimum Gasteiger partial charge on any atom is -0.497 e. The van der Waals surface area contributed by atoms with Gasteiger partial charge < -0.3 is 10.1 Å². The first-order valence-corrected chi connectivity index (χ1v) is 11.8. The van der Waals surface area contributed by atoms with E-state index in [-0.39, 0.29) is 29.3 Å². The average molecular weight is 431 g/mol. The summed E-state index contributed by atoms with van der Waals surface area (Å²) in [6.07, 6.45) is 2.10. The molecule has 3 rings (SSSR count). The highest BCUT2D eigenvalue weighted by Crippen LogP contribution is 2.26. The van der Waals surface area contributed by atoms with Crippen LogP contribution in [0.2, 0.25) is 0 Å². The highest BCUT2D eigenvalue weighted by molar-refractivity contribution is 7.89. The number of nitrogens with zero attached hydrogens (tertiary/aromatic N) is 1. The lowest BCUT2D eigenvalue weighted by atomic mass is 9.97. The lowest BCUT2D eigenvalue weighted by molar-refractivity contribution is -0.126. The molecule has 0 unspecified atom stereocenters. The lowest BCUT2D eigenvalue weighted by Gasteiger charge is -2.32. The fraction of sp³-hybridized carbons (Fsp3) is 0.435. The van der Waals surface area contributed by atoms with Crippen LogP contribution >= 0.6 is 0 Å². The maximum Gasteiger partial charge on any atom is 0.243 e. The van der Waals surface area contributed by atoms with E-state index < -0.39 is 10.0 Å². The molecule has 7 heteroatoms. The van der Waals surface area contributed by atoms with Gasteiger partial charge in [0.2, 0.25) is 15.9 Å². The number of carbonyl (C=O) groups excluding carboxylic acids is 1. The van der Waals surface area contributed by atoms with E-state index in [0.717, 1.165) is 23.3 Å². The van der Waals surface area contributed by atoms with E-state index in [1.54, 1.807) is 31.4 Å². The third kappa shape index (κ3) is 5.02. The summed E-state index contributed by atoms with van der Waals surface area (Å²) in [5.74, 6) is 0.317. The van der Waals surface area contributed by atoms with Gasteiger partial charge in [-0.05, 0) is 56.0 Å². The van der Waals surface area contributed by atoms with Crippen LogP contribution in [0.3, 0.4) is 0 Å². The topological polar surface area (TPSA) is 75.7 Å². The quantitative estimate of drug-likeness (QED) is 0.727. The molecule has 0 aliphatic carbocycles. The molecule has 1 saturated heterocycles. The van der Waals surface area contributed by atoms with Crippen LogP contribution in [-0.4, -0.2) is 38.8 Å². The molecule has 2 atom stereocenters. The Morgan fingerprint density at radius 3 is 2.43 bits per heavy atom. The van der Waals surface area contributed by atoms with Gasteiger partial charge in [-0.3, -0.25) is 4.79 Å². The molecule has 162 valence electrons. The molecular weight excluding hydrogens is 400 g/mol. The summed E-state index contributed by atoms with van der Waals surface area (Å²) < 4.78 is 32.7. The van der Waals surface area contributed by atoms with Crippen molar-refractivity contribution in [2.45, 2.75) is 44.0 Å². The van der Waals surface area contributed by atoms with Gasteiger partial charge in [-0.15, -0.1) is 0 Å². The van der Waals surface area contributed by atoms with Crippen molar-refractivity contribution in [2.24, 2.45) is 5.92 Å². The molecule has 2 aromatic rings. The van der Waals surface area contributed by atoms with Gasteiger partial charge in [0, 0.05) is 13.1 Å². The van der Waals surface area contributed by atoms with Crippen LogP contribution in [0, 0.1) is 12.8 Å². The number of amides is 1. The van der Waals surface area contributed by atoms with E-state index in [4.69, 9.17) is 4.74 Å². The summed E-state index contributed by atoms with van der Waals surface area (Å²) in [6.45, 7) is 4.59. The lowest BCUT2D eigenvalue weighted by Crippen LogP contribution is -2.46. The van der Waals surface area contributed by atoms with E-state index in [1.807, 2.05) is 38.1 Å². The van der Waals surface area contributed by atoms with Crippen molar-refractivity contribution in [1.29, 1.82) is 0 Å². The molecule has 0 radical (unpaired) electrons. The predicted molar refractivity (Wildman–Crippen MR) is 117 cm³/mol. The number of carbonyl (C=O) groups is 1. The molecule has 0 spiro atoms. The fourth-order valence-electron chi connectivity index (χ4n) is 3.78. The van der Waals surface area contributed by atoms with Crippen molar-refractivity contribution in [3.63, 3.8) is 0 Å². The minimum absolute atomic E-state index is 0.0959. The van der Waals surface area contributed by atoms with Crippen molar-refractivity contribution in [2.75, 3.05) is 20.2 Å². The maximum atomic E-state index is 13.0. The zero-order chi connectivity index (χ0) is 21.7. The van der Waals surface area contributed by atoms with Crippen LogP contribution in [0.5, 0.6) is 5.75 Å². The Labute approximate surface area is 179 Å². The van der Waals surface area contributed by atoms with E-state index in [9.17, 15) is 13.2 Å². The molecule has 1 N–H and O–H groups in total. The Balaban J connectivity index is 1.69. The van der Waals surface area contributed by atoms with Crippen molar-refractivity contribution in [3.05, 3.63) is 59.7 Å². The normalized spacial score (nSPS) is 18.6. The SMILES string of the molecule is CC[C@@H](NC(=O)[C@H]1CCCN(S(=O)(=O)c2ccc(C)cc2)C1)c1ccc(OC)cc1. The molecule has 0 bridgehead atoms. The first-order valence-electron chi connectivity index (χ1n) is 10.4. The molecule has 0 saturated carbocycles. The highest BCUT2D eigenvalue weighted by atomic mass is 32.2. The number of ether oxygens (including phenoxy) is 1. The summed E-state index contributed by atoms with van der Waals surface area (Å²) in [7, 11) is -1.98. The number of nitrogens with one attached hydrogen (secondary N) is 1. The zero-order valence-electron chi connectivity index (χ0n) is 17.8. The second-order valence-corrected chi connectivity index (χ2v) is 9.70. The van der Waals surface area contributed by atoms with Crippen molar-refractivity contribution >= 4 is 15.9 Å². The predicted octanol–water partition coefficient (Wildman–Crippen LogP) is 3.67. The zero-order valence-corrected chi connectivity index (χ0v) is 18.6. The monoisotopic (exact) mass is 430 g/mol. The highest BCUT2D eigenvalue weighted by Gasteiger charge is 2.33. The standard InChI is InChI=1S/C23H30N2O4S/c1-4-22(18-9-11-20(29-3)12-10-18)24-23(26)19-6-5-15-25(16-19)30(27,28)21-13-7-17(2)8-14-21/h7-14,19,22H,4-6,15-16H2,1-3H3,(H,24,26)/t19-,22+/m0/s1. The Morgan fingerprint density at radius 1 is 1.17 bits per heavy atom. The third-order valence-electron chi connectivity index (χ3n) is 5.66. The molecule has 2 aromatic carbocycles. The van der Waals surface area contributed by atoms with Crippen LogP contribution in [0.1, 0.15) is 43.4 Å². The molecule has 30 heavy (non-hydrogen) atoms. The smallest absolute Gasteiger partial charge is 0.243 e. The van der Waals surface area contributed by atoms with Crippen molar-refractivity contribution < 1.29 is 17.9 Å². The third-order valence-corrected chi connectivity index (χ3v) is 7.54. The van der Waals surface area contributed by atoms with Gasteiger partial charge >= 0.3 is 0 Å². The molecule has 0 aromatic heterocycles. The Kier molecular flexibility index (Phi) is 7.15. The number of benzene rings is 2. The van der Waals surface area contributed by atoms with Gasteiger partial charge in [0.1, 0.15) is 5.75 Å². The molecular formula is C23H30N2O4S. The maximum absolute atomic E-state index is 13.0. The van der Waals surface area contributed by atoms with Gasteiger partial charge in [-0.2, -0.15) is 4.31 Å². The van der Waals surface area contributed by atoms with E-state index in [1.165, 1.54) is 4.31 Å². The Hall–Kier alpha value is -2.38. The minimum atomic E-state index is -3.60. The summed E-state index contributed by atoms with van der Waals surface area (Å²) in [4.78, 5) is 13.2. The van der Waals surface area contributed by atoms with Crippen LogP contribution in [-0.2, 0) is 14.8 Å². The molecule has 1 aliphatic rings. The molecule has 1 aliphatic heterocycles. The van der Waals surface area contributed by atoms with E-state index in [2.05, 4.69) is 5.32 Å². The second kappa shape index (κ2) is 9.62. The number of rotatable bonds is 7. The first kappa shape index (κ1) is 22.3. The van der Waals surface area contributed by atoms with Crippen molar-refractivity contribution in [1.82, 2.24) is 9.62 Å². The van der Waals surface area contributed by atoms with Gasteiger partial charge in [-0.25, -0.2) is 8.42 Å². The Morgan fingerprint density at radius 2 is 1.83 bits per heavy atom. The first-order chi connectivity index (χ1) is 14.3. The number of methoxy groups -OCH3 is 1. The summed E-state index contributed by atoms with van der Waals surface area (Å²) >= 11 is 0. The van der Waals surface area contributed by atoms with Gasteiger partial charge in [0.25, 0.3) is 0 Å². The number of aryl methyl sites for hydroxylation is 1. The van der Waals surface area contributed by atoms with Crippen molar-refractivity contribution in [3.8, 4) is 5.75 Å². The largest absolute Gasteiger partial charge is 0.497 e. The number of piperidine rings is 1. The second-order valence-electron chi connectivity index (χ2n) is 7.76. The molecule has 6 nitrogen and oxygen atoms in total. The van der Waals surface area contributed by atoms with Crippen LogP contribution < -0.4 is 10.1 Å². The van der Waals surface area contributed by atoms with E-state index in [0.29, 0.717) is 19.4 Å². The van der Waals surface area contributed by atoms with E-state index >= 15 is 0 Å². The van der Waals surface area contributed by atoms with Gasteiger partial charge in [0.05, 0.1) is 24.0 Å². The summed E-state index contributed by atoms with van der Waals surface area (Å²) in [5.41, 5.74) is 2.01. The summed E-state index contributed by atoms with van der Waals surface area (Å²) in [5, 5.41) is 3.11.